The molecule has 0 aliphatic rings. The quantitative estimate of drug-likeness (QED) is 0.374. The summed E-state index contributed by atoms with van der Waals surface area (Å²) in [4.78, 5) is 0. The van der Waals surface area contributed by atoms with Crippen LogP contribution in [0.1, 0.15) is 33.6 Å². The Hall–Kier alpha value is 0.596. The van der Waals surface area contributed by atoms with Crippen LogP contribution in [0.5, 0.6) is 0 Å². The zero-order chi connectivity index (χ0) is 7.98. The second-order valence-electron chi connectivity index (χ2n) is 2.87. The maximum atomic E-state index is 3.70. The molecule has 0 amide bonds. The van der Waals surface area contributed by atoms with E-state index >= 15 is 0 Å². The van der Waals surface area contributed by atoms with Crippen LogP contribution in [0, 0.1) is 6.92 Å². The number of rotatable bonds is 3. The van der Waals surface area contributed by atoms with Crippen molar-refractivity contribution in [2.75, 3.05) is 0 Å². The van der Waals surface area contributed by atoms with Gasteiger partial charge in [0.05, 0.1) is 0 Å². The molecule has 0 spiro atoms. The minimum absolute atomic E-state index is 0. The van der Waals surface area contributed by atoms with E-state index in [1.807, 2.05) is 6.08 Å². The maximum absolute atomic E-state index is 3.70. The first-order valence-corrected chi connectivity index (χ1v) is 3.75. The molecule has 0 atom stereocenters. The molecule has 0 saturated heterocycles. The van der Waals surface area contributed by atoms with Crippen molar-refractivity contribution >= 4 is 23.1 Å². The molecule has 0 nitrogen and oxygen atoms in total. The smallest absolute Gasteiger partial charge is 1.00 e. The zero-order valence-electron chi connectivity index (χ0n) is 8.36. The van der Waals surface area contributed by atoms with E-state index in [0.717, 1.165) is 12.8 Å². The topological polar surface area (TPSA) is 0 Å². The Morgan fingerprint density at radius 2 is 1.75 bits per heavy atom. The molecule has 0 bridgehead atoms. The van der Waals surface area contributed by atoms with Gasteiger partial charge in [-0.15, -0.1) is 6.92 Å². The maximum Gasteiger partial charge on any atom is 2.00 e. The summed E-state index contributed by atoms with van der Waals surface area (Å²) in [7, 11) is 0. The molecule has 0 radical (unpaired) electrons. The van der Waals surface area contributed by atoms with Crippen molar-refractivity contribution in [2.24, 2.45) is 0 Å². The molecule has 0 heterocycles. The molecule has 66 valence electrons. The van der Waals surface area contributed by atoms with E-state index in [1.165, 1.54) is 11.1 Å². The van der Waals surface area contributed by atoms with E-state index in [0.29, 0.717) is 0 Å². The van der Waals surface area contributed by atoms with Crippen LogP contribution < -0.4 is 17.0 Å². The van der Waals surface area contributed by atoms with Gasteiger partial charge in [0.25, 0.3) is 0 Å². The monoisotopic (exact) mass is 240 g/mol. The van der Waals surface area contributed by atoms with Gasteiger partial charge in [-0.1, -0.05) is 18.1 Å². The van der Waals surface area contributed by atoms with E-state index in [4.69, 9.17) is 0 Å². The van der Waals surface area contributed by atoms with E-state index in [2.05, 4.69) is 33.8 Å². The summed E-state index contributed by atoms with van der Waals surface area (Å²) in [5.74, 6) is 0. The van der Waals surface area contributed by atoms with E-state index < -0.39 is 0 Å². The number of hydrogen-bond acceptors (Lipinski definition) is 0. The first-order chi connectivity index (χ1) is 4.66. The fourth-order valence-electron chi connectivity index (χ4n) is 0.691. The fourth-order valence-corrected chi connectivity index (χ4v) is 0.691. The largest absolute Gasteiger partial charge is 2.00 e. The van der Waals surface area contributed by atoms with Gasteiger partial charge in [-0.3, -0.25) is 0 Å². The summed E-state index contributed by atoms with van der Waals surface area (Å²) in [6, 6.07) is 0. The predicted octanol–water partition coefficient (Wildman–Crippen LogP) is 0.136. The van der Waals surface area contributed by atoms with Gasteiger partial charge in [-0.2, -0.15) is 0 Å². The van der Waals surface area contributed by atoms with E-state index in [1.54, 1.807) is 0 Å². The third kappa shape index (κ3) is 13.2. The molecule has 0 aliphatic heterocycles. The first-order valence-electron chi connectivity index (χ1n) is 3.75. The van der Waals surface area contributed by atoms with E-state index in [9.17, 15) is 0 Å². The first kappa shape index (κ1) is 18.4. The molecular formula is C10H17BrMg. The van der Waals surface area contributed by atoms with Crippen molar-refractivity contribution in [2.45, 2.75) is 33.6 Å². The summed E-state index contributed by atoms with van der Waals surface area (Å²) in [5.41, 5.74) is 2.77. The molecule has 0 N–H and O–H groups in total. The second-order valence-corrected chi connectivity index (χ2v) is 2.87. The summed E-state index contributed by atoms with van der Waals surface area (Å²) >= 11 is 0. The molecule has 0 unspecified atom stereocenters. The van der Waals surface area contributed by atoms with Gasteiger partial charge in [0.1, 0.15) is 0 Å². The van der Waals surface area contributed by atoms with Crippen molar-refractivity contribution in [3.05, 3.63) is 30.2 Å². The van der Waals surface area contributed by atoms with Crippen LogP contribution in [0.2, 0.25) is 0 Å². The average molecular weight is 241 g/mol. The van der Waals surface area contributed by atoms with Crippen molar-refractivity contribution in [3.8, 4) is 0 Å². The Balaban J connectivity index is -0.000000405. The average Bonchev–Trinajstić information content (AvgIpc) is 1.87. The van der Waals surface area contributed by atoms with Crippen LogP contribution in [0.25, 0.3) is 0 Å². The third-order valence-electron chi connectivity index (χ3n) is 1.44. The van der Waals surface area contributed by atoms with Gasteiger partial charge >= 0.3 is 23.1 Å². The van der Waals surface area contributed by atoms with Gasteiger partial charge in [-0.25, -0.2) is 18.6 Å². The molecule has 0 aromatic rings. The number of halogens is 1. The molecule has 0 rings (SSSR count). The van der Waals surface area contributed by atoms with Crippen LogP contribution in [0.4, 0.5) is 0 Å². The second kappa shape index (κ2) is 11.6. The molecule has 0 fully saturated rings. The van der Waals surface area contributed by atoms with Gasteiger partial charge in [-0.05, 0) is 20.3 Å². The minimum Gasteiger partial charge on any atom is -1.00 e. The summed E-state index contributed by atoms with van der Waals surface area (Å²) < 4.78 is 0. The summed E-state index contributed by atoms with van der Waals surface area (Å²) in [6.45, 7) is 10.1. The molecule has 0 aliphatic carbocycles. The van der Waals surface area contributed by atoms with Crippen molar-refractivity contribution < 1.29 is 17.0 Å². The third-order valence-corrected chi connectivity index (χ3v) is 1.44. The standard InChI is InChI=1S/C10H17.BrH.Mg/c1-5-10(4)8-6-7-9(2)3;;/h5,7H,1,6,8H2,2-4H3;1H;/q-1;;+2/p-1/b10-5-;;. The Kier molecular flexibility index (Phi) is 17.8. The van der Waals surface area contributed by atoms with Crippen molar-refractivity contribution in [1.29, 1.82) is 0 Å². The Morgan fingerprint density at radius 1 is 1.25 bits per heavy atom. The SMILES string of the molecule is [Br-].[CH2-]/C=C(/C)CCC=C(C)C.[Mg+2]. The van der Waals surface area contributed by atoms with Crippen LogP contribution in [-0.2, 0) is 0 Å². The molecule has 0 saturated carbocycles. The minimum atomic E-state index is 0. The van der Waals surface area contributed by atoms with Crippen LogP contribution in [0.15, 0.2) is 23.3 Å². The van der Waals surface area contributed by atoms with Crippen LogP contribution >= 0.6 is 0 Å². The number of hydrogen-bond donors (Lipinski definition) is 0. The Bertz CT molecular complexity index is 144. The van der Waals surface area contributed by atoms with Gasteiger partial charge < -0.3 is 17.0 Å². The van der Waals surface area contributed by atoms with Crippen LogP contribution in [0.3, 0.4) is 0 Å². The van der Waals surface area contributed by atoms with Crippen LogP contribution in [-0.4, -0.2) is 23.1 Å². The van der Waals surface area contributed by atoms with Crippen molar-refractivity contribution in [1.82, 2.24) is 0 Å². The predicted molar refractivity (Wildman–Crippen MR) is 53.5 cm³/mol. The molecule has 2 heteroatoms. The Morgan fingerprint density at radius 3 is 2.08 bits per heavy atom. The molecule has 0 aromatic heterocycles. The number of allylic oxidation sites excluding steroid dienone is 4. The Labute approximate surface area is 103 Å². The molecular weight excluding hydrogens is 224 g/mol. The fraction of sp³-hybridized carbons (Fsp3) is 0.500. The van der Waals surface area contributed by atoms with Gasteiger partial charge in [0.2, 0.25) is 0 Å². The van der Waals surface area contributed by atoms with Gasteiger partial charge in [0, 0.05) is 0 Å². The summed E-state index contributed by atoms with van der Waals surface area (Å²) in [5, 5.41) is 0. The molecule has 12 heavy (non-hydrogen) atoms. The van der Waals surface area contributed by atoms with E-state index in [-0.39, 0.29) is 40.0 Å². The summed E-state index contributed by atoms with van der Waals surface area (Å²) in [6.07, 6.45) is 6.49. The van der Waals surface area contributed by atoms with Crippen molar-refractivity contribution in [3.63, 3.8) is 0 Å². The zero-order valence-corrected chi connectivity index (χ0v) is 11.4. The normalized spacial score (nSPS) is 9.42. The molecule has 0 aromatic carbocycles. The van der Waals surface area contributed by atoms with Gasteiger partial charge in [0.15, 0.2) is 0 Å².